The second-order valence-electron chi connectivity index (χ2n) is 6.70. The highest BCUT2D eigenvalue weighted by Gasteiger charge is 2.14. The molecule has 0 saturated carbocycles. The molecule has 5 N–H and O–H groups in total. The van der Waals surface area contributed by atoms with Crippen molar-refractivity contribution in [2.45, 2.75) is 33.0 Å². The topological polar surface area (TPSA) is 117 Å². The number of hydrogen-bond donors (Lipinski definition) is 3. The zero-order chi connectivity index (χ0) is 20.8. The Balaban J connectivity index is 1.88. The highest BCUT2D eigenvalue weighted by Crippen LogP contribution is 2.27. The van der Waals surface area contributed by atoms with Crippen molar-refractivity contribution in [3.63, 3.8) is 0 Å². The van der Waals surface area contributed by atoms with Crippen LogP contribution >= 0.6 is 0 Å². The molecular formula is C21H27N5O3. The van der Waals surface area contributed by atoms with Crippen molar-refractivity contribution in [3.05, 3.63) is 48.3 Å². The molecule has 0 aliphatic heterocycles. The van der Waals surface area contributed by atoms with Gasteiger partial charge in [0.2, 0.25) is 5.91 Å². The predicted molar refractivity (Wildman–Crippen MR) is 113 cm³/mol. The molecule has 1 amide bonds. The van der Waals surface area contributed by atoms with Crippen LogP contribution in [0, 0.1) is 0 Å². The van der Waals surface area contributed by atoms with Gasteiger partial charge in [-0.25, -0.2) is 4.98 Å². The summed E-state index contributed by atoms with van der Waals surface area (Å²) in [5.74, 6) is 1.81. The van der Waals surface area contributed by atoms with Crippen LogP contribution in [0.1, 0.15) is 19.7 Å². The lowest BCUT2D eigenvalue weighted by atomic mass is 10.3. The quantitative estimate of drug-likeness (QED) is 0.357. The molecular weight excluding hydrogens is 370 g/mol. The van der Waals surface area contributed by atoms with Crippen LogP contribution in [0.25, 0.3) is 11.0 Å². The number of nitrogens with two attached hydrogens (primary N) is 2. The van der Waals surface area contributed by atoms with Crippen LogP contribution in [0.5, 0.6) is 11.5 Å². The number of anilines is 1. The van der Waals surface area contributed by atoms with Gasteiger partial charge in [0.15, 0.2) is 0 Å². The Kier molecular flexibility index (Phi) is 6.69. The van der Waals surface area contributed by atoms with E-state index in [1.807, 2.05) is 37.3 Å². The van der Waals surface area contributed by atoms with Gasteiger partial charge in [-0.3, -0.25) is 10.1 Å². The normalized spacial score (nSPS) is 12.2. The van der Waals surface area contributed by atoms with Gasteiger partial charge in [-0.15, -0.1) is 0 Å². The first kappa shape index (κ1) is 20.6. The molecule has 3 aromatic rings. The summed E-state index contributed by atoms with van der Waals surface area (Å²) in [7, 11) is 0. The number of fused-ring (bicyclic) bond motifs is 1. The number of hydrogen-bond acceptors (Lipinski definition) is 6. The van der Waals surface area contributed by atoms with Gasteiger partial charge in [0.05, 0.1) is 30.2 Å². The van der Waals surface area contributed by atoms with E-state index < -0.39 is 11.9 Å². The number of imidazole rings is 1. The Hall–Kier alpha value is -3.10. The van der Waals surface area contributed by atoms with Gasteiger partial charge < -0.3 is 25.5 Å². The number of carbonyl (C=O) groups excluding carboxylic acids is 1. The van der Waals surface area contributed by atoms with Crippen molar-refractivity contribution in [2.24, 2.45) is 5.73 Å². The number of ether oxygens (including phenoxy) is 2. The number of benzene rings is 2. The van der Waals surface area contributed by atoms with Crippen LogP contribution in [0.4, 0.5) is 5.69 Å². The lowest BCUT2D eigenvalue weighted by molar-refractivity contribution is -0.119. The van der Waals surface area contributed by atoms with E-state index in [9.17, 15) is 4.79 Å². The molecule has 29 heavy (non-hydrogen) atoms. The largest absolute Gasteiger partial charge is 0.457 e. The molecule has 0 radical (unpaired) electrons. The van der Waals surface area contributed by atoms with Gasteiger partial charge in [-0.1, -0.05) is 0 Å². The lowest BCUT2D eigenvalue weighted by Crippen LogP contribution is -2.38. The number of carbonyl (C=O) groups is 1. The Labute approximate surface area is 169 Å². The highest BCUT2D eigenvalue weighted by atomic mass is 16.5. The van der Waals surface area contributed by atoms with Crippen molar-refractivity contribution < 1.29 is 14.3 Å². The first-order valence-electron chi connectivity index (χ1n) is 9.61. The summed E-state index contributed by atoms with van der Waals surface area (Å²) in [5.41, 5.74) is 13.5. The fraction of sp³-hybridized carbons (Fsp3) is 0.333. The highest BCUT2D eigenvalue weighted by molar-refractivity contribution is 5.79. The average molecular weight is 397 g/mol. The second-order valence-corrected chi connectivity index (χ2v) is 6.70. The fourth-order valence-corrected chi connectivity index (χ4v) is 2.92. The summed E-state index contributed by atoms with van der Waals surface area (Å²) in [4.78, 5) is 16.0. The maximum absolute atomic E-state index is 11.3. The van der Waals surface area contributed by atoms with Crippen molar-refractivity contribution in [2.75, 3.05) is 18.9 Å². The van der Waals surface area contributed by atoms with Gasteiger partial charge in [-0.2, -0.15) is 0 Å². The van der Waals surface area contributed by atoms with Crippen LogP contribution < -0.4 is 21.5 Å². The van der Waals surface area contributed by atoms with E-state index in [1.165, 1.54) is 0 Å². The summed E-state index contributed by atoms with van der Waals surface area (Å²) in [6.07, 6.45) is 0. The van der Waals surface area contributed by atoms with Crippen molar-refractivity contribution in [1.82, 2.24) is 14.9 Å². The van der Waals surface area contributed by atoms with Gasteiger partial charge in [0.1, 0.15) is 17.3 Å². The third-order valence-corrected chi connectivity index (χ3v) is 4.57. The van der Waals surface area contributed by atoms with E-state index in [-0.39, 0.29) is 0 Å². The van der Waals surface area contributed by atoms with Gasteiger partial charge in [0.25, 0.3) is 0 Å². The summed E-state index contributed by atoms with van der Waals surface area (Å²) < 4.78 is 13.6. The number of aromatic nitrogens is 2. The van der Waals surface area contributed by atoms with Crippen LogP contribution in [0.15, 0.2) is 42.5 Å². The zero-order valence-electron chi connectivity index (χ0n) is 16.7. The first-order valence-corrected chi connectivity index (χ1v) is 9.61. The van der Waals surface area contributed by atoms with Gasteiger partial charge in [-0.05, 0) is 50.2 Å². The van der Waals surface area contributed by atoms with E-state index in [2.05, 4.69) is 9.88 Å². The van der Waals surface area contributed by atoms with Crippen molar-refractivity contribution >= 4 is 22.6 Å². The summed E-state index contributed by atoms with van der Waals surface area (Å²) in [6, 6.07) is 12.5. The third kappa shape index (κ3) is 5.24. The Morgan fingerprint density at radius 1 is 1.21 bits per heavy atom. The number of amides is 1. The van der Waals surface area contributed by atoms with Crippen molar-refractivity contribution in [1.29, 1.82) is 0 Å². The van der Waals surface area contributed by atoms with E-state index in [0.29, 0.717) is 43.5 Å². The van der Waals surface area contributed by atoms with E-state index in [0.717, 1.165) is 16.9 Å². The maximum atomic E-state index is 11.3. The second kappa shape index (κ2) is 9.40. The summed E-state index contributed by atoms with van der Waals surface area (Å²) in [6.45, 7) is 5.94. The molecule has 154 valence electrons. The Morgan fingerprint density at radius 3 is 2.62 bits per heavy atom. The fourth-order valence-electron chi connectivity index (χ4n) is 2.92. The molecule has 1 heterocycles. The minimum Gasteiger partial charge on any atom is -0.457 e. The molecule has 8 nitrogen and oxygen atoms in total. The third-order valence-electron chi connectivity index (χ3n) is 4.57. The zero-order valence-corrected chi connectivity index (χ0v) is 16.7. The number of nitrogens with zero attached hydrogens (tertiary/aromatic N) is 2. The van der Waals surface area contributed by atoms with Gasteiger partial charge in [0, 0.05) is 24.9 Å². The molecule has 0 aliphatic rings. The molecule has 0 saturated heterocycles. The minimum absolute atomic E-state index is 0.402. The Morgan fingerprint density at radius 2 is 1.93 bits per heavy atom. The van der Waals surface area contributed by atoms with Crippen LogP contribution in [0.3, 0.4) is 0 Å². The monoisotopic (exact) mass is 397 g/mol. The molecule has 3 rings (SSSR count). The van der Waals surface area contributed by atoms with Crippen LogP contribution in [-0.2, 0) is 22.6 Å². The standard InChI is InChI=1S/C21H27N5O3/c1-3-28-11-10-26-19-12-17(29-16-6-4-15(22)5-7-16)8-9-18(19)25-20(26)13-24-14(2)21(23)27/h4-9,12,14,24H,3,10-11,13,22H2,1-2H3,(H2,23,27)/t14-/m0/s1. The lowest BCUT2D eigenvalue weighted by Gasteiger charge is -2.13. The summed E-state index contributed by atoms with van der Waals surface area (Å²) in [5, 5.41) is 3.11. The summed E-state index contributed by atoms with van der Waals surface area (Å²) >= 11 is 0. The van der Waals surface area contributed by atoms with E-state index in [1.54, 1.807) is 19.1 Å². The first-order chi connectivity index (χ1) is 14.0. The van der Waals surface area contributed by atoms with E-state index >= 15 is 0 Å². The Bertz CT molecular complexity index is 968. The number of nitrogens with one attached hydrogen (secondary N) is 1. The molecule has 0 spiro atoms. The van der Waals surface area contributed by atoms with Crippen LogP contribution in [0.2, 0.25) is 0 Å². The smallest absolute Gasteiger partial charge is 0.234 e. The maximum Gasteiger partial charge on any atom is 0.234 e. The van der Waals surface area contributed by atoms with Crippen LogP contribution in [-0.4, -0.2) is 34.7 Å². The van der Waals surface area contributed by atoms with E-state index in [4.69, 9.17) is 25.9 Å². The average Bonchev–Trinajstić information content (AvgIpc) is 3.05. The molecule has 0 fully saturated rings. The minimum atomic E-state index is -0.445. The SMILES string of the molecule is CCOCCn1c(CN[C@@H](C)C(N)=O)nc2ccc(Oc3ccc(N)cc3)cc21. The van der Waals surface area contributed by atoms with Gasteiger partial charge >= 0.3 is 0 Å². The predicted octanol–water partition coefficient (Wildman–Crippen LogP) is 2.41. The van der Waals surface area contributed by atoms with Crippen molar-refractivity contribution in [3.8, 4) is 11.5 Å². The molecule has 0 unspecified atom stereocenters. The molecule has 2 aromatic carbocycles. The molecule has 8 heteroatoms. The molecule has 1 atom stereocenters. The number of rotatable bonds is 10. The molecule has 0 bridgehead atoms. The number of nitrogen functional groups attached to an aromatic ring is 1. The number of primary amides is 1. The molecule has 0 aliphatic carbocycles. The molecule has 1 aromatic heterocycles.